The van der Waals surface area contributed by atoms with Crippen LogP contribution in [0, 0.1) is 13.8 Å². The molecule has 0 aliphatic carbocycles. The lowest BCUT2D eigenvalue weighted by molar-refractivity contribution is 0.617. The summed E-state index contributed by atoms with van der Waals surface area (Å²) < 4.78 is 8.61. The number of aryl methyl sites for hydroxylation is 2. The smallest absolute Gasteiger partial charge is 0.227 e. The number of allylic oxidation sites excluding steroid dienone is 1. The summed E-state index contributed by atoms with van der Waals surface area (Å²) in [5.74, 6) is 0.654. The van der Waals surface area contributed by atoms with Gasteiger partial charge in [-0.25, -0.2) is 4.98 Å². The molecule has 2 heterocycles. The van der Waals surface area contributed by atoms with E-state index in [1.54, 1.807) is 0 Å². The molecule has 0 radical (unpaired) electrons. The normalized spacial score (nSPS) is 11.7. The monoisotopic (exact) mass is 634 g/mol. The molecule has 238 valence electrons. The predicted molar refractivity (Wildman–Crippen MR) is 206 cm³/mol. The van der Waals surface area contributed by atoms with Crippen LogP contribution in [0.1, 0.15) is 36.2 Å². The van der Waals surface area contributed by atoms with Crippen molar-refractivity contribution in [1.82, 2.24) is 9.55 Å². The number of rotatable bonds is 7. The second-order valence-electron chi connectivity index (χ2n) is 12.7. The summed E-state index contributed by atoms with van der Waals surface area (Å²) in [6.07, 6.45) is 5.30. The predicted octanol–water partition coefficient (Wildman–Crippen LogP) is 12.7. The van der Waals surface area contributed by atoms with Crippen molar-refractivity contribution in [3.05, 3.63) is 162 Å². The summed E-state index contributed by atoms with van der Waals surface area (Å²) in [7, 11) is 0. The number of benzene rings is 6. The Morgan fingerprint density at radius 1 is 0.653 bits per heavy atom. The molecule has 6 aromatic carbocycles. The molecule has 49 heavy (non-hydrogen) atoms. The van der Waals surface area contributed by atoms with Gasteiger partial charge in [-0.05, 0) is 108 Å². The molecule has 0 N–H and O–H groups in total. The maximum atomic E-state index is 6.25. The average molecular weight is 635 g/mol. The van der Waals surface area contributed by atoms with Crippen molar-refractivity contribution in [1.29, 1.82) is 0 Å². The summed E-state index contributed by atoms with van der Waals surface area (Å²) in [5, 5.41) is 1.27. The van der Waals surface area contributed by atoms with Crippen LogP contribution < -0.4 is 0 Å². The van der Waals surface area contributed by atoms with E-state index < -0.39 is 0 Å². The van der Waals surface area contributed by atoms with Gasteiger partial charge in [0.05, 0.1) is 5.52 Å². The minimum Gasteiger partial charge on any atom is -0.436 e. The molecular weight excluding hydrogens is 597 g/mol. The zero-order valence-electron chi connectivity index (χ0n) is 28.4. The topological polar surface area (TPSA) is 31.0 Å². The van der Waals surface area contributed by atoms with E-state index in [9.17, 15) is 0 Å². The lowest BCUT2D eigenvalue weighted by atomic mass is 9.89. The number of oxazole rings is 1. The molecule has 3 heteroatoms. The van der Waals surface area contributed by atoms with Crippen molar-refractivity contribution in [2.24, 2.45) is 0 Å². The molecule has 0 bridgehead atoms. The van der Waals surface area contributed by atoms with Gasteiger partial charge in [0.2, 0.25) is 5.89 Å². The van der Waals surface area contributed by atoms with E-state index in [1.165, 1.54) is 55.5 Å². The fourth-order valence-corrected chi connectivity index (χ4v) is 7.22. The molecule has 0 unspecified atom stereocenters. The minimum absolute atomic E-state index is 0.654. The van der Waals surface area contributed by atoms with Crippen LogP contribution in [0.4, 0.5) is 0 Å². The van der Waals surface area contributed by atoms with Crippen molar-refractivity contribution < 1.29 is 4.42 Å². The van der Waals surface area contributed by atoms with Crippen LogP contribution >= 0.6 is 0 Å². The number of nitrogens with zero attached hydrogens (tertiary/aromatic N) is 2. The molecule has 2 aromatic heterocycles. The molecule has 0 aliphatic rings. The van der Waals surface area contributed by atoms with E-state index in [0.29, 0.717) is 5.89 Å². The SMILES string of the molecule is C/C=C\c1c(C)n(-c2ccc(-c3ccccc3-c3ccccc3-c3ccc(-c4nc5cc(CC)cc(C)c5o4)cc3)cc2)c2ccccc12. The zero-order valence-corrected chi connectivity index (χ0v) is 28.4. The molecule has 0 amide bonds. The number of fused-ring (bicyclic) bond motifs is 2. The van der Waals surface area contributed by atoms with Crippen LogP contribution in [0.25, 0.3) is 78.6 Å². The van der Waals surface area contributed by atoms with E-state index in [1.807, 2.05) is 0 Å². The van der Waals surface area contributed by atoms with E-state index in [4.69, 9.17) is 9.40 Å². The molecule has 0 atom stereocenters. The van der Waals surface area contributed by atoms with Crippen LogP contribution in [0.15, 0.2) is 144 Å². The van der Waals surface area contributed by atoms with Gasteiger partial charge in [-0.15, -0.1) is 0 Å². The Balaban J connectivity index is 1.15. The maximum Gasteiger partial charge on any atom is 0.227 e. The minimum atomic E-state index is 0.654. The first kappa shape index (κ1) is 30.4. The van der Waals surface area contributed by atoms with Gasteiger partial charge in [-0.2, -0.15) is 0 Å². The highest BCUT2D eigenvalue weighted by Gasteiger charge is 2.16. The van der Waals surface area contributed by atoms with Crippen LogP contribution in [-0.4, -0.2) is 9.55 Å². The molecule has 0 fully saturated rings. The highest BCUT2D eigenvalue weighted by molar-refractivity contribution is 5.94. The Hall–Kier alpha value is -5.93. The molecule has 8 rings (SSSR count). The fraction of sp³-hybridized carbons (Fsp3) is 0.109. The van der Waals surface area contributed by atoms with Gasteiger partial charge in [0.1, 0.15) is 5.52 Å². The van der Waals surface area contributed by atoms with Crippen molar-refractivity contribution in [2.75, 3.05) is 0 Å². The van der Waals surface area contributed by atoms with Crippen molar-refractivity contribution >= 4 is 28.1 Å². The highest BCUT2D eigenvalue weighted by atomic mass is 16.3. The third kappa shape index (κ3) is 5.38. The van der Waals surface area contributed by atoms with Crippen molar-refractivity contribution in [2.45, 2.75) is 34.1 Å². The van der Waals surface area contributed by atoms with Gasteiger partial charge in [0, 0.05) is 27.9 Å². The Bertz CT molecular complexity index is 2490. The Morgan fingerprint density at radius 2 is 1.22 bits per heavy atom. The van der Waals surface area contributed by atoms with E-state index in [-0.39, 0.29) is 0 Å². The lowest BCUT2D eigenvalue weighted by Gasteiger charge is -2.16. The van der Waals surface area contributed by atoms with Gasteiger partial charge in [0.25, 0.3) is 0 Å². The molecule has 3 nitrogen and oxygen atoms in total. The average Bonchev–Trinajstić information content (AvgIpc) is 3.71. The van der Waals surface area contributed by atoms with Gasteiger partial charge in [-0.1, -0.05) is 116 Å². The Kier molecular flexibility index (Phi) is 7.81. The molecule has 0 saturated heterocycles. The number of para-hydroxylation sites is 1. The van der Waals surface area contributed by atoms with E-state index in [0.717, 1.165) is 39.9 Å². The largest absolute Gasteiger partial charge is 0.436 e. The van der Waals surface area contributed by atoms with Gasteiger partial charge in [-0.3, -0.25) is 0 Å². The summed E-state index contributed by atoms with van der Waals surface area (Å²) in [4.78, 5) is 4.85. The maximum absolute atomic E-state index is 6.25. The lowest BCUT2D eigenvalue weighted by Crippen LogP contribution is -1.97. The second kappa shape index (κ2) is 12.6. The van der Waals surface area contributed by atoms with Gasteiger partial charge in [0.15, 0.2) is 5.58 Å². The first-order chi connectivity index (χ1) is 24.0. The summed E-state index contributed by atoms with van der Waals surface area (Å²) in [6, 6.07) is 47.9. The van der Waals surface area contributed by atoms with Crippen LogP contribution in [0.5, 0.6) is 0 Å². The quantitative estimate of drug-likeness (QED) is 0.175. The third-order valence-corrected chi connectivity index (χ3v) is 9.66. The fourth-order valence-electron chi connectivity index (χ4n) is 7.22. The first-order valence-corrected chi connectivity index (χ1v) is 17.1. The van der Waals surface area contributed by atoms with E-state index >= 15 is 0 Å². The van der Waals surface area contributed by atoms with Gasteiger partial charge >= 0.3 is 0 Å². The van der Waals surface area contributed by atoms with Crippen LogP contribution in [0.2, 0.25) is 0 Å². The summed E-state index contributed by atoms with van der Waals surface area (Å²) in [5.41, 5.74) is 17.2. The van der Waals surface area contributed by atoms with Gasteiger partial charge < -0.3 is 8.98 Å². The Labute approximate surface area is 287 Å². The summed E-state index contributed by atoms with van der Waals surface area (Å²) in [6.45, 7) is 8.54. The summed E-state index contributed by atoms with van der Waals surface area (Å²) >= 11 is 0. The zero-order chi connectivity index (χ0) is 33.5. The van der Waals surface area contributed by atoms with Crippen molar-refractivity contribution in [3.63, 3.8) is 0 Å². The standard InChI is InChI=1S/C46H38N2O/c1-5-13-37-31(4)48(44-19-12-11-18-42(37)44)36-26-24-34(25-27-36)39-15-8-10-17-41(39)40-16-9-7-14-38(40)33-20-22-35(23-21-33)46-47-43-29-32(6-2)28-30(3)45(43)49-46/h5,7-29H,6H2,1-4H3/b13-5-. The van der Waals surface area contributed by atoms with Crippen LogP contribution in [0.3, 0.4) is 0 Å². The highest BCUT2D eigenvalue weighted by Crippen LogP contribution is 2.39. The molecule has 0 spiro atoms. The molecule has 0 saturated carbocycles. The Morgan fingerprint density at radius 3 is 1.86 bits per heavy atom. The number of hydrogen-bond donors (Lipinski definition) is 0. The van der Waals surface area contributed by atoms with Crippen LogP contribution in [-0.2, 0) is 6.42 Å². The third-order valence-electron chi connectivity index (χ3n) is 9.66. The molecule has 8 aromatic rings. The first-order valence-electron chi connectivity index (χ1n) is 17.1. The van der Waals surface area contributed by atoms with Crippen molar-refractivity contribution in [3.8, 4) is 50.5 Å². The number of aromatic nitrogens is 2. The second-order valence-corrected chi connectivity index (χ2v) is 12.7. The molecular formula is C46H38N2O. The van der Waals surface area contributed by atoms with E-state index in [2.05, 4.69) is 178 Å². The molecule has 0 aliphatic heterocycles. The number of hydrogen-bond acceptors (Lipinski definition) is 2.